The molecule has 0 radical (unpaired) electrons. The topological polar surface area (TPSA) is 119 Å². The zero-order chi connectivity index (χ0) is 26.9. The van der Waals surface area contributed by atoms with Gasteiger partial charge in [0.2, 0.25) is 0 Å². The highest BCUT2D eigenvalue weighted by Crippen LogP contribution is 2.33. The predicted molar refractivity (Wildman–Crippen MR) is 141 cm³/mol. The van der Waals surface area contributed by atoms with Gasteiger partial charge in [-0.15, -0.1) is 0 Å². The average molecular weight is 531 g/mol. The Hall–Kier alpha value is -4.03. The number of aromatic nitrogens is 5. The Morgan fingerprint density at radius 1 is 1.03 bits per heavy atom. The summed E-state index contributed by atoms with van der Waals surface area (Å²) < 4.78 is 27.0. The van der Waals surface area contributed by atoms with Gasteiger partial charge in [0.05, 0.1) is 30.8 Å². The Kier molecular flexibility index (Phi) is 6.88. The molecule has 0 bridgehead atoms. The van der Waals surface area contributed by atoms with Gasteiger partial charge in [-0.3, -0.25) is 9.55 Å². The molecule has 2 N–H and O–H groups in total. The lowest BCUT2D eigenvalue weighted by Crippen LogP contribution is -2.33. The van der Waals surface area contributed by atoms with Crippen LogP contribution in [0.5, 0.6) is 0 Å². The molecule has 200 valence electrons. The van der Waals surface area contributed by atoms with Crippen LogP contribution in [0.1, 0.15) is 17.5 Å². The molecule has 1 aliphatic rings. The van der Waals surface area contributed by atoms with Crippen LogP contribution in [0.3, 0.4) is 0 Å². The maximum absolute atomic E-state index is 13.6. The van der Waals surface area contributed by atoms with E-state index >= 15 is 0 Å². The van der Waals surface area contributed by atoms with Crippen LogP contribution in [0, 0.1) is 5.82 Å². The van der Waals surface area contributed by atoms with Gasteiger partial charge in [-0.2, -0.15) is 0 Å². The van der Waals surface area contributed by atoms with Gasteiger partial charge in [0, 0.05) is 19.0 Å². The summed E-state index contributed by atoms with van der Waals surface area (Å²) >= 11 is 0. The number of imidazole rings is 1. The Balaban J connectivity index is 1.15. The van der Waals surface area contributed by atoms with Crippen molar-refractivity contribution in [3.8, 4) is 0 Å². The summed E-state index contributed by atoms with van der Waals surface area (Å²) in [6, 6.07) is 18.1. The molecule has 1 saturated heterocycles. The number of nitrogens with zero attached hydrogens (tertiary/aromatic N) is 6. The number of anilines is 1. The third kappa shape index (κ3) is 5.04. The molecule has 11 heteroatoms. The minimum absolute atomic E-state index is 0.0620. The zero-order valence-corrected chi connectivity index (χ0v) is 21.1. The number of halogens is 1. The molecule has 4 heterocycles. The first kappa shape index (κ1) is 25.3. The lowest BCUT2D eigenvalue weighted by Gasteiger charge is -2.19. The van der Waals surface area contributed by atoms with Crippen LogP contribution < -0.4 is 4.90 Å². The summed E-state index contributed by atoms with van der Waals surface area (Å²) in [5.41, 5.74) is 3.34. The van der Waals surface area contributed by atoms with Crippen molar-refractivity contribution in [3.05, 3.63) is 90.4 Å². The van der Waals surface area contributed by atoms with Crippen molar-refractivity contribution in [2.45, 2.75) is 37.7 Å². The Morgan fingerprint density at radius 2 is 1.90 bits per heavy atom. The number of hydrogen-bond donors (Lipinski definition) is 2. The Bertz CT molecular complexity index is 1610. The van der Waals surface area contributed by atoms with E-state index in [1.807, 2.05) is 54.4 Å². The molecule has 4 atom stereocenters. The molecule has 3 aromatic heterocycles. The highest BCUT2D eigenvalue weighted by Gasteiger charge is 2.44. The second-order valence-electron chi connectivity index (χ2n) is 9.56. The fourth-order valence-corrected chi connectivity index (χ4v) is 4.85. The normalized spacial score (nSPS) is 21.1. The molecule has 10 nitrogen and oxygen atoms in total. The van der Waals surface area contributed by atoms with E-state index in [0.717, 1.165) is 22.2 Å². The van der Waals surface area contributed by atoms with Gasteiger partial charge in [0.25, 0.3) is 0 Å². The van der Waals surface area contributed by atoms with Crippen molar-refractivity contribution >= 4 is 27.9 Å². The van der Waals surface area contributed by atoms with Gasteiger partial charge in [0.1, 0.15) is 30.5 Å². The predicted octanol–water partition coefficient (Wildman–Crippen LogP) is 2.99. The fourth-order valence-electron chi connectivity index (χ4n) is 4.85. The SMILES string of the molecule is CN(Cc1cccc(F)c1)c1ncnc2c1ncn2[C@@H]1O[C@H](COCc2ccc3ccccc3n2)[C@@H](O)[C@H]1O. The Labute approximate surface area is 223 Å². The molecule has 0 unspecified atom stereocenters. The number of hydrogen-bond acceptors (Lipinski definition) is 9. The Morgan fingerprint density at radius 3 is 2.77 bits per heavy atom. The molecule has 6 rings (SSSR count). The van der Waals surface area contributed by atoms with E-state index in [4.69, 9.17) is 9.47 Å². The molecule has 0 amide bonds. The van der Waals surface area contributed by atoms with Crippen molar-refractivity contribution < 1.29 is 24.1 Å². The van der Waals surface area contributed by atoms with E-state index in [0.29, 0.717) is 23.5 Å². The molecule has 1 aliphatic heterocycles. The van der Waals surface area contributed by atoms with Crippen molar-refractivity contribution in [1.29, 1.82) is 0 Å². The third-order valence-electron chi connectivity index (χ3n) is 6.81. The number of ether oxygens (including phenoxy) is 2. The van der Waals surface area contributed by atoms with Gasteiger partial charge in [-0.1, -0.05) is 36.4 Å². The molecule has 39 heavy (non-hydrogen) atoms. The summed E-state index contributed by atoms with van der Waals surface area (Å²) in [6.07, 6.45) is -1.19. The largest absolute Gasteiger partial charge is 0.387 e. The quantitative estimate of drug-likeness (QED) is 0.312. The molecule has 1 fully saturated rings. The monoisotopic (exact) mass is 530 g/mol. The number of benzene rings is 2. The second-order valence-corrected chi connectivity index (χ2v) is 9.56. The summed E-state index contributed by atoms with van der Waals surface area (Å²) in [5, 5.41) is 22.5. The molecular formula is C28H27FN6O4. The van der Waals surface area contributed by atoms with E-state index in [1.54, 1.807) is 10.6 Å². The van der Waals surface area contributed by atoms with E-state index < -0.39 is 24.5 Å². The lowest BCUT2D eigenvalue weighted by atomic mass is 10.1. The minimum atomic E-state index is -1.22. The molecule has 0 spiro atoms. The van der Waals surface area contributed by atoms with E-state index in [-0.39, 0.29) is 19.0 Å². The van der Waals surface area contributed by atoms with Crippen molar-refractivity contribution in [3.63, 3.8) is 0 Å². The summed E-state index contributed by atoms with van der Waals surface area (Å²) in [5.74, 6) is 0.231. The standard InChI is InChI=1S/C28H27FN6O4/c1-34(12-17-5-4-7-19(29)11-17)26-23-27(31-15-30-26)35(16-32-23)28-25(37)24(36)22(39-28)14-38-13-20-10-9-18-6-2-3-8-21(18)33-20/h2-11,15-16,22,24-25,28,36-37H,12-14H2,1H3/t22-,24-,25-,28-/m1/s1. The first-order valence-corrected chi connectivity index (χ1v) is 12.5. The van der Waals surface area contributed by atoms with Gasteiger partial charge < -0.3 is 24.6 Å². The van der Waals surface area contributed by atoms with E-state index in [1.165, 1.54) is 24.8 Å². The van der Waals surface area contributed by atoms with Crippen LogP contribution >= 0.6 is 0 Å². The molecule has 0 saturated carbocycles. The average Bonchev–Trinajstić information content (AvgIpc) is 3.49. The van der Waals surface area contributed by atoms with Crippen LogP contribution in [0.2, 0.25) is 0 Å². The minimum Gasteiger partial charge on any atom is -0.387 e. The van der Waals surface area contributed by atoms with Gasteiger partial charge in [0.15, 0.2) is 23.2 Å². The van der Waals surface area contributed by atoms with Crippen LogP contribution in [-0.2, 0) is 22.6 Å². The number of para-hydroxylation sites is 1. The number of aliphatic hydroxyl groups excluding tert-OH is 2. The maximum atomic E-state index is 13.6. The summed E-state index contributed by atoms with van der Waals surface area (Å²) in [6.45, 7) is 0.705. The third-order valence-corrected chi connectivity index (χ3v) is 6.81. The zero-order valence-electron chi connectivity index (χ0n) is 21.1. The maximum Gasteiger partial charge on any atom is 0.167 e. The second kappa shape index (κ2) is 10.6. The lowest BCUT2D eigenvalue weighted by molar-refractivity contribution is -0.0685. The van der Waals surface area contributed by atoms with Crippen LogP contribution in [-0.4, -0.2) is 66.7 Å². The van der Waals surface area contributed by atoms with Gasteiger partial charge >= 0.3 is 0 Å². The summed E-state index contributed by atoms with van der Waals surface area (Å²) in [7, 11) is 1.83. The highest BCUT2D eigenvalue weighted by molar-refractivity contribution is 5.83. The van der Waals surface area contributed by atoms with E-state index in [9.17, 15) is 14.6 Å². The molecule has 0 aliphatic carbocycles. The van der Waals surface area contributed by atoms with Gasteiger partial charge in [-0.05, 0) is 29.8 Å². The van der Waals surface area contributed by atoms with Gasteiger partial charge in [-0.25, -0.2) is 19.3 Å². The number of pyridine rings is 1. The first-order valence-electron chi connectivity index (χ1n) is 12.5. The number of rotatable bonds is 8. The number of fused-ring (bicyclic) bond motifs is 2. The van der Waals surface area contributed by atoms with Crippen LogP contribution in [0.25, 0.3) is 22.1 Å². The fraction of sp³-hybridized carbons (Fsp3) is 0.286. The molecule has 5 aromatic rings. The van der Waals surface area contributed by atoms with Crippen LogP contribution in [0.4, 0.5) is 10.2 Å². The highest BCUT2D eigenvalue weighted by atomic mass is 19.1. The smallest absolute Gasteiger partial charge is 0.167 e. The molecular weight excluding hydrogens is 503 g/mol. The number of aliphatic hydroxyl groups is 2. The first-order chi connectivity index (χ1) is 19.0. The van der Waals surface area contributed by atoms with Crippen molar-refractivity contribution in [2.75, 3.05) is 18.6 Å². The van der Waals surface area contributed by atoms with Crippen LogP contribution in [0.15, 0.2) is 73.3 Å². The summed E-state index contributed by atoms with van der Waals surface area (Å²) in [4.78, 5) is 19.6. The van der Waals surface area contributed by atoms with Crippen molar-refractivity contribution in [2.24, 2.45) is 0 Å². The molecule has 2 aromatic carbocycles. The van der Waals surface area contributed by atoms with E-state index in [2.05, 4.69) is 19.9 Å². The van der Waals surface area contributed by atoms with Crippen molar-refractivity contribution in [1.82, 2.24) is 24.5 Å².